The molecule has 0 unspecified atom stereocenters. The summed E-state index contributed by atoms with van der Waals surface area (Å²) in [5.41, 5.74) is -0.710. The molecule has 0 atom stereocenters. The Labute approximate surface area is 126 Å². The Hall–Kier alpha value is -1.66. The third-order valence-corrected chi connectivity index (χ3v) is 2.59. The Bertz CT molecular complexity index is 529. The third-order valence-electron chi connectivity index (χ3n) is 2.59. The van der Waals surface area contributed by atoms with Gasteiger partial charge in [-0.15, -0.1) is 12.4 Å². The largest absolute Gasteiger partial charge is 0.492 e. The summed E-state index contributed by atoms with van der Waals surface area (Å²) < 4.78 is 47.9. The quantitative estimate of drug-likeness (QED) is 0.820. The van der Waals surface area contributed by atoms with E-state index in [1.165, 1.54) is 12.1 Å². The van der Waals surface area contributed by atoms with Gasteiger partial charge in [0.1, 0.15) is 18.1 Å². The monoisotopic (exact) mass is 321 g/mol. The number of furan rings is 1. The van der Waals surface area contributed by atoms with Crippen LogP contribution in [0, 0.1) is 0 Å². The van der Waals surface area contributed by atoms with Crippen LogP contribution in [0.3, 0.4) is 0 Å². The fourth-order valence-electron chi connectivity index (χ4n) is 1.63. The lowest BCUT2D eigenvalue weighted by Gasteiger charge is -2.10. The molecule has 0 aliphatic rings. The smallest absolute Gasteiger partial charge is 0.416 e. The minimum atomic E-state index is -4.35. The molecule has 0 amide bonds. The van der Waals surface area contributed by atoms with Gasteiger partial charge in [-0.3, -0.25) is 0 Å². The first-order valence-corrected chi connectivity index (χ1v) is 6.09. The minimum Gasteiger partial charge on any atom is -0.492 e. The van der Waals surface area contributed by atoms with Gasteiger partial charge in [0, 0.05) is 6.54 Å². The van der Waals surface area contributed by atoms with Crippen LogP contribution in [0.5, 0.6) is 5.75 Å². The fraction of sp³-hybridized carbons (Fsp3) is 0.286. The number of rotatable bonds is 6. The second-order valence-corrected chi connectivity index (χ2v) is 4.13. The fourth-order valence-corrected chi connectivity index (χ4v) is 1.63. The van der Waals surface area contributed by atoms with Crippen LogP contribution in [0.1, 0.15) is 11.3 Å². The highest BCUT2D eigenvalue weighted by molar-refractivity contribution is 5.85. The molecular weight excluding hydrogens is 307 g/mol. The van der Waals surface area contributed by atoms with E-state index in [0.717, 1.165) is 17.9 Å². The summed E-state index contributed by atoms with van der Waals surface area (Å²) >= 11 is 0. The van der Waals surface area contributed by atoms with E-state index in [9.17, 15) is 13.2 Å². The molecule has 1 N–H and O–H groups in total. The van der Waals surface area contributed by atoms with Gasteiger partial charge >= 0.3 is 6.18 Å². The number of hydrogen-bond donors (Lipinski definition) is 1. The van der Waals surface area contributed by atoms with Crippen LogP contribution in [0.4, 0.5) is 13.2 Å². The summed E-state index contributed by atoms with van der Waals surface area (Å²) in [6.45, 7) is 1.35. The molecule has 7 heteroatoms. The van der Waals surface area contributed by atoms with Crippen molar-refractivity contribution >= 4 is 12.4 Å². The molecule has 2 aromatic rings. The topological polar surface area (TPSA) is 34.4 Å². The average Bonchev–Trinajstić information content (AvgIpc) is 2.91. The summed E-state index contributed by atoms with van der Waals surface area (Å²) in [5.74, 6) is 1.00. The summed E-state index contributed by atoms with van der Waals surface area (Å²) in [6, 6.07) is 8.46. The lowest BCUT2D eigenvalue weighted by atomic mass is 10.2. The molecule has 2 rings (SSSR count). The maximum atomic E-state index is 12.5. The molecule has 0 fully saturated rings. The first kappa shape index (κ1) is 17.4. The predicted molar refractivity (Wildman–Crippen MR) is 74.6 cm³/mol. The van der Waals surface area contributed by atoms with E-state index in [1.54, 1.807) is 12.3 Å². The highest BCUT2D eigenvalue weighted by Crippen LogP contribution is 2.31. The van der Waals surface area contributed by atoms with Gasteiger partial charge in [-0.25, -0.2) is 0 Å². The summed E-state index contributed by atoms with van der Waals surface area (Å²) in [6.07, 6.45) is -2.77. The van der Waals surface area contributed by atoms with Crippen LogP contribution >= 0.6 is 12.4 Å². The van der Waals surface area contributed by atoms with Crippen molar-refractivity contribution in [2.45, 2.75) is 12.7 Å². The minimum absolute atomic E-state index is 0. The number of benzene rings is 1. The first-order valence-electron chi connectivity index (χ1n) is 6.09. The third kappa shape index (κ3) is 5.69. The van der Waals surface area contributed by atoms with Crippen LogP contribution in [0.25, 0.3) is 0 Å². The molecule has 3 nitrogen and oxygen atoms in total. The van der Waals surface area contributed by atoms with Crippen LogP contribution in [0.2, 0.25) is 0 Å². The van der Waals surface area contributed by atoms with Crippen molar-refractivity contribution in [3.63, 3.8) is 0 Å². The Kier molecular flexibility index (Phi) is 6.58. The number of hydrogen-bond acceptors (Lipinski definition) is 3. The maximum Gasteiger partial charge on any atom is 0.416 e. The molecule has 0 aliphatic carbocycles. The molecule has 0 saturated heterocycles. The molecular formula is C14H15ClF3NO2. The van der Waals surface area contributed by atoms with Gasteiger partial charge in [0.2, 0.25) is 0 Å². The standard InChI is InChI=1S/C14H14F3NO2.ClH/c15-14(16,17)11-3-1-4-12(9-11)20-8-6-18-10-13-5-2-7-19-13;/h1-5,7,9,18H,6,8,10H2;1H. The van der Waals surface area contributed by atoms with E-state index in [-0.39, 0.29) is 24.8 Å². The van der Waals surface area contributed by atoms with Crippen molar-refractivity contribution in [3.8, 4) is 5.75 Å². The molecule has 21 heavy (non-hydrogen) atoms. The molecule has 1 aromatic heterocycles. The van der Waals surface area contributed by atoms with Crippen LogP contribution in [0.15, 0.2) is 47.1 Å². The number of alkyl halides is 3. The average molecular weight is 322 g/mol. The zero-order valence-corrected chi connectivity index (χ0v) is 11.8. The molecule has 0 radical (unpaired) electrons. The van der Waals surface area contributed by atoms with Crippen molar-refractivity contribution in [2.24, 2.45) is 0 Å². The van der Waals surface area contributed by atoms with Crippen molar-refractivity contribution in [1.82, 2.24) is 5.32 Å². The highest BCUT2D eigenvalue weighted by atomic mass is 35.5. The Morgan fingerprint density at radius 1 is 1.14 bits per heavy atom. The van der Waals surface area contributed by atoms with Gasteiger partial charge in [-0.05, 0) is 30.3 Å². The SMILES string of the molecule is Cl.FC(F)(F)c1cccc(OCCNCc2ccco2)c1. The van der Waals surface area contributed by atoms with E-state index in [0.29, 0.717) is 13.1 Å². The van der Waals surface area contributed by atoms with E-state index < -0.39 is 11.7 Å². The van der Waals surface area contributed by atoms with Gasteiger partial charge in [-0.1, -0.05) is 6.07 Å². The van der Waals surface area contributed by atoms with Crippen molar-refractivity contribution in [1.29, 1.82) is 0 Å². The van der Waals surface area contributed by atoms with Gasteiger partial charge < -0.3 is 14.5 Å². The normalized spacial score (nSPS) is 11.0. The number of halogens is 4. The van der Waals surface area contributed by atoms with Gasteiger partial charge in [0.25, 0.3) is 0 Å². The lowest BCUT2D eigenvalue weighted by Crippen LogP contribution is -2.20. The Balaban J connectivity index is 0.00000220. The van der Waals surface area contributed by atoms with Crippen LogP contribution < -0.4 is 10.1 Å². The van der Waals surface area contributed by atoms with Crippen LogP contribution in [-0.2, 0) is 12.7 Å². The van der Waals surface area contributed by atoms with Crippen molar-refractivity contribution in [3.05, 3.63) is 54.0 Å². The molecule has 0 saturated carbocycles. The lowest BCUT2D eigenvalue weighted by molar-refractivity contribution is -0.137. The highest BCUT2D eigenvalue weighted by Gasteiger charge is 2.30. The molecule has 1 aromatic carbocycles. The van der Waals surface area contributed by atoms with E-state index >= 15 is 0 Å². The first-order chi connectivity index (χ1) is 9.55. The maximum absolute atomic E-state index is 12.5. The summed E-state index contributed by atoms with van der Waals surface area (Å²) in [4.78, 5) is 0. The zero-order valence-electron chi connectivity index (χ0n) is 11.0. The Morgan fingerprint density at radius 3 is 2.62 bits per heavy atom. The van der Waals surface area contributed by atoms with Crippen molar-refractivity contribution in [2.75, 3.05) is 13.2 Å². The molecule has 0 aliphatic heterocycles. The second kappa shape index (κ2) is 7.95. The Morgan fingerprint density at radius 2 is 1.95 bits per heavy atom. The van der Waals surface area contributed by atoms with Gasteiger partial charge in [-0.2, -0.15) is 13.2 Å². The summed E-state index contributed by atoms with van der Waals surface area (Å²) in [5, 5.41) is 3.06. The second-order valence-electron chi connectivity index (χ2n) is 4.13. The molecule has 0 bridgehead atoms. The van der Waals surface area contributed by atoms with Gasteiger partial charge in [0.15, 0.2) is 0 Å². The predicted octanol–water partition coefficient (Wildman–Crippen LogP) is 3.89. The number of nitrogens with one attached hydrogen (secondary N) is 1. The zero-order chi connectivity index (χ0) is 14.4. The van der Waals surface area contributed by atoms with Gasteiger partial charge in [0.05, 0.1) is 18.4 Å². The van der Waals surface area contributed by atoms with Crippen LogP contribution in [-0.4, -0.2) is 13.2 Å². The van der Waals surface area contributed by atoms with E-state index in [1.807, 2.05) is 6.07 Å². The van der Waals surface area contributed by atoms with Crippen molar-refractivity contribution < 1.29 is 22.3 Å². The molecule has 1 heterocycles. The molecule has 0 spiro atoms. The summed E-state index contributed by atoms with van der Waals surface area (Å²) in [7, 11) is 0. The molecule has 116 valence electrons. The number of ether oxygens (including phenoxy) is 1. The van der Waals surface area contributed by atoms with E-state index in [4.69, 9.17) is 9.15 Å². The van der Waals surface area contributed by atoms with E-state index in [2.05, 4.69) is 5.32 Å².